The van der Waals surface area contributed by atoms with Crippen molar-refractivity contribution in [3.05, 3.63) is 45.5 Å². The Morgan fingerprint density at radius 2 is 2.05 bits per heavy atom. The summed E-state index contributed by atoms with van der Waals surface area (Å²) in [5, 5.41) is 0. The van der Waals surface area contributed by atoms with Crippen molar-refractivity contribution in [3.63, 3.8) is 0 Å². The van der Waals surface area contributed by atoms with Crippen LogP contribution in [0.1, 0.15) is 37.1 Å². The largest absolute Gasteiger partial charge is 0.459 e. The standard InChI is InChI=1S/C13H12N2O3S/c16-12(9-4-2-6-18-9)14-15-13(17)11-7-8-3-1-5-10(8)19-11/h2,4,6-7H,1,3,5H2,(H,14,16)(H,15,17). The first-order valence-electron chi connectivity index (χ1n) is 6.00. The fourth-order valence-electron chi connectivity index (χ4n) is 2.09. The molecule has 2 N–H and O–H groups in total. The van der Waals surface area contributed by atoms with Crippen molar-refractivity contribution in [1.29, 1.82) is 0 Å². The summed E-state index contributed by atoms with van der Waals surface area (Å²) in [7, 11) is 0. The molecule has 0 fully saturated rings. The van der Waals surface area contributed by atoms with Crippen LogP contribution in [0.5, 0.6) is 0 Å². The smallest absolute Gasteiger partial charge is 0.305 e. The fraction of sp³-hybridized carbons (Fsp3) is 0.231. The lowest BCUT2D eigenvalue weighted by atomic mass is 10.2. The first-order chi connectivity index (χ1) is 9.24. The van der Waals surface area contributed by atoms with Gasteiger partial charge in [0.1, 0.15) is 0 Å². The normalized spacial score (nSPS) is 13.1. The molecule has 0 bridgehead atoms. The molecular weight excluding hydrogens is 264 g/mol. The van der Waals surface area contributed by atoms with Gasteiger partial charge in [-0.1, -0.05) is 0 Å². The zero-order chi connectivity index (χ0) is 13.2. The maximum Gasteiger partial charge on any atom is 0.305 e. The molecule has 2 amide bonds. The number of nitrogens with one attached hydrogen (secondary N) is 2. The molecule has 0 atom stereocenters. The van der Waals surface area contributed by atoms with Crippen LogP contribution in [-0.4, -0.2) is 11.8 Å². The first kappa shape index (κ1) is 12.0. The van der Waals surface area contributed by atoms with Gasteiger partial charge in [-0.15, -0.1) is 11.3 Å². The summed E-state index contributed by atoms with van der Waals surface area (Å²) in [4.78, 5) is 25.4. The lowest BCUT2D eigenvalue weighted by Gasteiger charge is -2.04. The Morgan fingerprint density at radius 3 is 2.79 bits per heavy atom. The highest BCUT2D eigenvalue weighted by Crippen LogP contribution is 2.30. The molecule has 0 saturated carbocycles. The molecule has 1 aliphatic carbocycles. The highest BCUT2D eigenvalue weighted by molar-refractivity contribution is 7.14. The lowest BCUT2D eigenvalue weighted by molar-refractivity contribution is 0.0833. The maximum atomic E-state index is 11.9. The molecule has 0 aromatic carbocycles. The molecule has 5 nitrogen and oxygen atoms in total. The fourth-order valence-corrected chi connectivity index (χ4v) is 3.23. The van der Waals surface area contributed by atoms with Crippen molar-refractivity contribution in [2.24, 2.45) is 0 Å². The van der Waals surface area contributed by atoms with Gasteiger partial charge in [-0.2, -0.15) is 0 Å². The number of rotatable bonds is 2. The molecule has 19 heavy (non-hydrogen) atoms. The quantitative estimate of drug-likeness (QED) is 0.823. The second-order valence-electron chi connectivity index (χ2n) is 4.30. The minimum absolute atomic E-state index is 0.161. The Bertz CT molecular complexity index is 594. The van der Waals surface area contributed by atoms with Crippen LogP contribution >= 0.6 is 11.3 Å². The Hall–Kier alpha value is -2.08. The van der Waals surface area contributed by atoms with E-state index in [2.05, 4.69) is 10.9 Å². The van der Waals surface area contributed by atoms with E-state index in [4.69, 9.17) is 4.42 Å². The minimum atomic E-state index is -0.470. The molecule has 2 aromatic rings. The molecule has 98 valence electrons. The van der Waals surface area contributed by atoms with E-state index < -0.39 is 5.91 Å². The van der Waals surface area contributed by atoms with Gasteiger partial charge in [0.05, 0.1) is 11.1 Å². The highest BCUT2D eigenvalue weighted by atomic mass is 32.1. The van der Waals surface area contributed by atoms with Gasteiger partial charge in [-0.25, -0.2) is 0 Å². The van der Waals surface area contributed by atoms with Crippen LogP contribution < -0.4 is 10.9 Å². The number of amides is 2. The molecule has 0 saturated heterocycles. The lowest BCUT2D eigenvalue weighted by Crippen LogP contribution is -2.41. The van der Waals surface area contributed by atoms with Crippen molar-refractivity contribution >= 4 is 23.2 Å². The summed E-state index contributed by atoms with van der Waals surface area (Å²) in [6, 6.07) is 5.04. The number of aryl methyl sites for hydroxylation is 2. The molecule has 6 heteroatoms. The number of hydrogen-bond donors (Lipinski definition) is 2. The number of hydrazine groups is 1. The number of carbonyl (C=O) groups excluding carboxylic acids is 2. The molecule has 0 spiro atoms. The van der Waals surface area contributed by atoms with Crippen molar-refractivity contribution in [1.82, 2.24) is 10.9 Å². The minimum Gasteiger partial charge on any atom is -0.459 e. The van der Waals surface area contributed by atoms with Gasteiger partial charge in [0.15, 0.2) is 5.76 Å². The third-order valence-electron chi connectivity index (χ3n) is 3.00. The van der Waals surface area contributed by atoms with Gasteiger partial charge in [-0.3, -0.25) is 20.4 Å². The van der Waals surface area contributed by atoms with Crippen molar-refractivity contribution in [2.45, 2.75) is 19.3 Å². The number of carbonyl (C=O) groups is 2. The summed E-state index contributed by atoms with van der Waals surface area (Å²) < 4.78 is 4.92. The monoisotopic (exact) mass is 276 g/mol. The topological polar surface area (TPSA) is 71.3 Å². The molecular formula is C13H12N2O3S. The average molecular weight is 276 g/mol. The van der Waals surface area contributed by atoms with Gasteiger partial charge < -0.3 is 4.42 Å². The van der Waals surface area contributed by atoms with E-state index in [1.54, 1.807) is 6.07 Å². The molecule has 2 aromatic heterocycles. The molecule has 1 aliphatic rings. The number of fused-ring (bicyclic) bond motifs is 1. The van der Waals surface area contributed by atoms with Crippen LogP contribution in [0.15, 0.2) is 28.9 Å². The Kier molecular flexibility index (Phi) is 3.08. The second kappa shape index (κ2) is 4.89. The third-order valence-corrected chi connectivity index (χ3v) is 4.24. The van der Waals surface area contributed by atoms with E-state index in [0.29, 0.717) is 4.88 Å². The van der Waals surface area contributed by atoms with Crippen molar-refractivity contribution < 1.29 is 14.0 Å². The zero-order valence-corrected chi connectivity index (χ0v) is 10.9. The van der Waals surface area contributed by atoms with Crippen LogP contribution in [0.2, 0.25) is 0 Å². The molecule has 3 rings (SSSR count). The summed E-state index contributed by atoms with van der Waals surface area (Å²) in [5.41, 5.74) is 5.97. The van der Waals surface area contributed by atoms with Crippen molar-refractivity contribution in [2.75, 3.05) is 0 Å². The van der Waals surface area contributed by atoms with E-state index >= 15 is 0 Å². The van der Waals surface area contributed by atoms with Gasteiger partial charge in [0.25, 0.3) is 5.91 Å². The third kappa shape index (κ3) is 2.39. The predicted molar refractivity (Wildman–Crippen MR) is 70.0 cm³/mol. The van der Waals surface area contributed by atoms with Crippen LogP contribution in [0.4, 0.5) is 0 Å². The number of hydrogen-bond acceptors (Lipinski definition) is 4. The first-order valence-corrected chi connectivity index (χ1v) is 6.81. The van der Waals surface area contributed by atoms with E-state index in [1.807, 2.05) is 6.07 Å². The highest BCUT2D eigenvalue weighted by Gasteiger charge is 2.19. The zero-order valence-electron chi connectivity index (χ0n) is 10.1. The molecule has 0 unspecified atom stereocenters. The summed E-state index contributed by atoms with van der Waals surface area (Å²) in [6.07, 6.45) is 4.66. The molecule has 2 heterocycles. The van der Waals surface area contributed by atoms with E-state index in [1.165, 1.54) is 34.1 Å². The summed E-state index contributed by atoms with van der Waals surface area (Å²) >= 11 is 1.49. The van der Waals surface area contributed by atoms with Crippen LogP contribution in [0.3, 0.4) is 0 Å². The Balaban J connectivity index is 1.60. The number of thiophene rings is 1. The van der Waals surface area contributed by atoms with Gasteiger partial charge in [-0.05, 0) is 43.0 Å². The SMILES string of the molecule is O=C(NNC(=O)c1cc2c(s1)CCC2)c1ccco1. The Labute approximate surface area is 113 Å². The van der Waals surface area contributed by atoms with Crippen LogP contribution in [0, 0.1) is 0 Å². The van der Waals surface area contributed by atoms with Crippen molar-refractivity contribution in [3.8, 4) is 0 Å². The van der Waals surface area contributed by atoms with E-state index in [-0.39, 0.29) is 11.7 Å². The molecule has 0 radical (unpaired) electrons. The van der Waals surface area contributed by atoms with E-state index in [0.717, 1.165) is 19.3 Å². The van der Waals surface area contributed by atoms with E-state index in [9.17, 15) is 9.59 Å². The summed E-state index contributed by atoms with van der Waals surface area (Å²) in [6.45, 7) is 0. The average Bonchev–Trinajstić information content (AvgIpc) is 3.09. The van der Waals surface area contributed by atoms with Crippen LogP contribution in [-0.2, 0) is 12.8 Å². The van der Waals surface area contributed by atoms with Crippen LogP contribution in [0.25, 0.3) is 0 Å². The second-order valence-corrected chi connectivity index (χ2v) is 5.43. The summed E-state index contributed by atoms with van der Waals surface area (Å²) in [5.74, 6) is -0.601. The van der Waals surface area contributed by atoms with Gasteiger partial charge >= 0.3 is 5.91 Å². The van der Waals surface area contributed by atoms with Gasteiger partial charge in [0.2, 0.25) is 0 Å². The number of furan rings is 1. The Morgan fingerprint density at radius 1 is 1.21 bits per heavy atom. The molecule has 0 aliphatic heterocycles. The predicted octanol–water partition coefficient (Wildman–Crippen LogP) is 1.90. The van der Waals surface area contributed by atoms with Gasteiger partial charge in [0, 0.05) is 4.88 Å². The maximum absolute atomic E-state index is 11.9.